The van der Waals surface area contributed by atoms with Crippen LogP contribution in [0.2, 0.25) is 0 Å². The molecule has 39 valence electrons. The zero-order chi connectivity index (χ0) is 6.24. The summed E-state index contributed by atoms with van der Waals surface area (Å²) in [5, 5.41) is 0. The van der Waals surface area contributed by atoms with Crippen LogP contribution < -0.4 is 0 Å². The number of halogens is 1. The van der Waals surface area contributed by atoms with Crippen molar-refractivity contribution in [3.8, 4) is 0 Å². The molecule has 1 rings (SSSR count). The average molecular weight is 179 g/mol. The number of benzene rings is 1. The molecule has 0 spiro atoms. The molecule has 8 heavy (non-hydrogen) atoms. The fourth-order valence-corrected chi connectivity index (χ4v) is 0.385. The summed E-state index contributed by atoms with van der Waals surface area (Å²) in [6.45, 7) is 0. The van der Waals surface area contributed by atoms with Crippen molar-refractivity contribution in [1.82, 2.24) is 0 Å². The molecule has 0 atom stereocenters. The van der Waals surface area contributed by atoms with Crippen LogP contribution in [0.15, 0.2) is 36.4 Å². The molecule has 0 fully saturated rings. The van der Waals surface area contributed by atoms with Gasteiger partial charge in [-0.2, -0.15) is 0 Å². The topological polar surface area (TPSA) is 0 Å². The molecule has 2 heteroatoms. The van der Waals surface area contributed by atoms with Gasteiger partial charge in [-0.1, -0.05) is 36.4 Å². The van der Waals surface area contributed by atoms with E-state index >= 15 is 0 Å². The van der Waals surface area contributed by atoms with E-state index in [1.807, 2.05) is 36.4 Å². The van der Waals surface area contributed by atoms with E-state index in [2.05, 4.69) is 0 Å². The maximum atomic E-state index is 4.76. The first kappa shape index (κ1) is 8.13. The molecule has 0 nitrogen and oxygen atoms in total. The van der Waals surface area contributed by atoms with Crippen LogP contribution in [0.4, 0.5) is 0 Å². The summed E-state index contributed by atoms with van der Waals surface area (Å²) in [6, 6.07) is 12.0. The van der Waals surface area contributed by atoms with Gasteiger partial charge in [-0.05, 0) is 0 Å². The Bertz CT molecular complexity index is 80.5. The van der Waals surface area contributed by atoms with Crippen LogP contribution in [0.25, 0.3) is 0 Å². The molecule has 1 aromatic rings. The summed E-state index contributed by atoms with van der Waals surface area (Å²) >= 11 is 0.847. The maximum Gasteiger partial charge on any atom is -0.0623 e. The Kier molecular flexibility index (Phi) is 7.25. The van der Waals surface area contributed by atoms with Gasteiger partial charge >= 0.3 is 27.0 Å². The maximum absolute atomic E-state index is 4.76. The second kappa shape index (κ2) is 7.13. The van der Waals surface area contributed by atoms with Crippen molar-refractivity contribution >= 4 is 9.69 Å². The summed E-state index contributed by atoms with van der Waals surface area (Å²) in [5.41, 5.74) is 0. The van der Waals surface area contributed by atoms with Gasteiger partial charge in [0.15, 0.2) is 0 Å². The van der Waals surface area contributed by atoms with Crippen molar-refractivity contribution in [3.05, 3.63) is 36.4 Å². The van der Waals surface area contributed by atoms with Gasteiger partial charge in [0, 0.05) is 0 Å². The first-order chi connectivity index (χ1) is 4.00. The molecule has 0 saturated heterocycles. The first-order valence-electron chi connectivity index (χ1n) is 2.27. The van der Waals surface area contributed by atoms with E-state index in [4.69, 9.17) is 9.69 Å². The second-order valence-corrected chi connectivity index (χ2v) is 1.15. The molecule has 0 radical (unpaired) electrons. The second-order valence-electron chi connectivity index (χ2n) is 1.15. The zero-order valence-electron chi connectivity index (χ0n) is 4.55. The Morgan fingerprint density at radius 3 is 0.875 bits per heavy atom. The molecule has 0 aliphatic carbocycles. The molecule has 0 aliphatic rings. The SMILES string of the molecule is [Cl][Zn].c1ccccc1. The van der Waals surface area contributed by atoms with Gasteiger partial charge in [-0.3, -0.25) is 0 Å². The molecular formula is C6H6ClZn. The van der Waals surface area contributed by atoms with Crippen LogP contribution in [-0.2, 0) is 17.3 Å². The van der Waals surface area contributed by atoms with Gasteiger partial charge in [-0.25, -0.2) is 0 Å². The molecule has 0 heterocycles. The van der Waals surface area contributed by atoms with E-state index in [-0.39, 0.29) is 0 Å². The van der Waals surface area contributed by atoms with Gasteiger partial charge in [0.25, 0.3) is 0 Å². The van der Waals surface area contributed by atoms with Crippen molar-refractivity contribution < 1.29 is 17.3 Å². The fraction of sp³-hybridized carbons (Fsp3) is 0. The summed E-state index contributed by atoms with van der Waals surface area (Å²) in [4.78, 5) is 0. The van der Waals surface area contributed by atoms with Gasteiger partial charge in [-0.15, -0.1) is 0 Å². The molecule has 0 unspecified atom stereocenters. The average Bonchev–Trinajstić information content (AvgIpc) is 1.96. The minimum Gasteiger partial charge on any atom is -0.0623 e. The number of hydrogen-bond acceptors (Lipinski definition) is 0. The molecule has 0 N–H and O–H groups in total. The monoisotopic (exact) mass is 177 g/mol. The van der Waals surface area contributed by atoms with Gasteiger partial charge < -0.3 is 0 Å². The molecule has 0 amide bonds. The van der Waals surface area contributed by atoms with E-state index in [1.165, 1.54) is 0 Å². The normalized spacial score (nSPS) is 6.88. The van der Waals surface area contributed by atoms with Crippen LogP contribution in [0.5, 0.6) is 0 Å². The largest absolute Gasteiger partial charge is 0.0623 e. The molecule has 0 aromatic heterocycles. The van der Waals surface area contributed by atoms with Crippen molar-refractivity contribution in [2.24, 2.45) is 0 Å². The fourth-order valence-electron chi connectivity index (χ4n) is 0.385. The Morgan fingerprint density at radius 2 is 0.750 bits per heavy atom. The van der Waals surface area contributed by atoms with Crippen LogP contribution >= 0.6 is 9.69 Å². The third kappa shape index (κ3) is 4.30. The third-order valence-electron chi connectivity index (χ3n) is 0.667. The predicted octanol–water partition coefficient (Wildman–Crippen LogP) is 2.37. The molecular weight excluding hydrogens is 173 g/mol. The third-order valence-corrected chi connectivity index (χ3v) is 0.667. The summed E-state index contributed by atoms with van der Waals surface area (Å²) in [7, 11) is 4.76. The smallest absolute Gasteiger partial charge is 0.0623 e. The summed E-state index contributed by atoms with van der Waals surface area (Å²) in [5.74, 6) is 0. The van der Waals surface area contributed by atoms with Gasteiger partial charge in [0.2, 0.25) is 0 Å². The predicted molar refractivity (Wildman–Crippen MR) is 32.3 cm³/mol. The Balaban J connectivity index is 0.000000222. The van der Waals surface area contributed by atoms with E-state index in [9.17, 15) is 0 Å². The molecule has 0 saturated carbocycles. The van der Waals surface area contributed by atoms with Gasteiger partial charge in [0.05, 0.1) is 0 Å². The first-order valence-corrected chi connectivity index (χ1v) is 6.17. The minimum atomic E-state index is 0.847. The summed E-state index contributed by atoms with van der Waals surface area (Å²) < 4.78 is 0. The zero-order valence-corrected chi connectivity index (χ0v) is 8.27. The van der Waals surface area contributed by atoms with Crippen LogP contribution in [0.3, 0.4) is 0 Å². The Labute approximate surface area is 63.6 Å². The van der Waals surface area contributed by atoms with Crippen molar-refractivity contribution in [3.63, 3.8) is 0 Å². The summed E-state index contributed by atoms with van der Waals surface area (Å²) in [6.07, 6.45) is 0. The Hall–Kier alpha value is 0.133. The number of hydrogen-bond donors (Lipinski definition) is 0. The Morgan fingerprint density at radius 1 is 0.625 bits per heavy atom. The van der Waals surface area contributed by atoms with Crippen molar-refractivity contribution in [2.75, 3.05) is 0 Å². The van der Waals surface area contributed by atoms with Crippen molar-refractivity contribution in [2.45, 2.75) is 0 Å². The van der Waals surface area contributed by atoms with Crippen LogP contribution in [0, 0.1) is 0 Å². The quantitative estimate of drug-likeness (QED) is 0.536. The van der Waals surface area contributed by atoms with Crippen LogP contribution in [-0.4, -0.2) is 0 Å². The van der Waals surface area contributed by atoms with E-state index in [0.717, 1.165) is 17.3 Å². The number of rotatable bonds is 0. The minimum absolute atomic E-state index is 0.847. The van der Waals surface area contributed by atoms with E-state index in [0.29, 0.717) is 0 Å². The molecule has 1 aromatic carbocycles. The van der Waals surface area contributed by atoms with Crippen molar-refractivity contribution in [1.29, 1.82) is 0 Å². The van der Waals surface area contributed by atoms with Gasteiger partial charge in [0.1, 0.15) is 0 Å². The molecule has 0 bridgehead atoms. The van der Waals surface area contributed by atoms with Crippen LogP contribution in [0.1, 0.15) is 0 Å². The molecule has 0 aliphatic heterocycles. The standard InChI is InChI=1S/C6H6.ClH.Zn/c1-2-4-6-5-3-1;;/h1-6H;1H;/q;;+1/p-1. The van der Waals surface area contributed by atoms with E-state index < -0.39 is 0 Å². The van der Waals surface area contributed by atoms with E-state index in [1.54, 1.807) is 0 Å².